The van der Waals surface area contributed by atoms with Crippen molar-refractivity contribution in [1.29, 1.82) is 0 Å². The highest BCUT2D eigenvalue weighted by Gasteiger charge is 2.22. The summed E-state index contributed by atoms with van der Waals surface area (Å²) in [6, 6.07) is 7.76. The van der Waals surface area contributed by atoms with Gasteiger partial charge in [0.1, 0.15) is 0 Å². The first-order chi connectivity index (χ1) is 11.6. The van der Waals surface area contributed by atoms with Crippen molar-refractivity contribution in [2.45, 2.75) is 58.3 Å². The summed E-state index contributed by atoms with van der Waals surface area (Å²) in [7, 11) is 0. The van der Waals surface area contributed by atoms with Crippen molar-refractivity contribution in [3.05, 3.63) is 59.2 Å². The smallest absolute Gasteiger partial charge is 0.166 e. The zero-order valence-electron chi connectivity index (χ0n) is 14.6. The fourth-order valence-corrected chi connectivity index (χ4v) is 4.02. The molecule has 128 valence electrons. The topological polar surface area (TPSA) is 0 Å². The highest BCUT2D eigenvalue weighted by Crippen LogP contribution is 2.38. The van der Waals surface area contributed by atoms with Crippen LogP contribution in [0.2, 0.25) is 0 Å². The number of allylic oxidation sites excluding steroid dienone is 2. The first kappa shape index (κ1) is 17.1. The van der Waals surface area contributed by atoms with Gasteiger partial charge in [0, 0.05) is 5.39 Å². The molecule has 0 N–H and O–H groups in total. The molecule has 0 amide bonds. The maximum atomic E-state index is 14.5. The van der Waals surface area contributed by atoms with E-state index in [0.717, 1.165) is 30.2 Å². The van der Waals surface area contributed by atoms with Gasteiger partial charge in [-0.05, 0) is 79.5 Å². The van der Waals surface area contributed by atoms with Crippen LogP contribution in [0.15, 0.2) is 36.4 Å². The van der Waals surface area contributed by atoms with Crippen LogP contribution in [0.3, 0.4) is 0 Å². The van der Waals surface area contributed by atoms with E-state index in [0.29, 0.717) is 29.2 Å². The first-order valence-corrected chi connectivity index (χ1v) is 9.17. The van der Waals surface area contributed by atoms with Gasteiger partial charge >= 0.3 is 0 Å². The molecule has 2 aromatic rings. The Morgan fingerprint density at radius 3 is 2.46 bits per heavy atom. The van der Waals surface area contributed by atoms with Crippen LogP contribution in [-0.2, 0) is 6.42 Å². The maximum Gasteiger partial charge on any atom is 0.166 e. The number of rotatable bonds is 4. The second-order valence-electron chi connectivity index (χ2n) is 7.03. The minimum Gasteiger partial charge on any atom is -0.203 e. The molecule has 1 fully saturated rings. The van der Waals surface area contributed by atoms with Gasteiger partial charge in [-0.1, -0.05) is 37.6 Å². The summed E-state index contributed by atoms with van der Waals surface area (Å²) in [5.41, 5.74) is 1.64. The number of fused-ring (bicyclic) bond motifs is 1. The predicted octanol–water partition coefficient (Wildman–Crippen LogP) is 6.92. The van der Waals surface area contributed by atoms with Crippen molar-refractivity contribution in [1.82, 2.24) is 0 Å². The predicted molar refractivity (Wildman–Crippen MR) is 97.4 cm³/mol. The Morgan fingerprint density at radius 1 is 1.04 bits per heavy atom. The van der Waals surface area contributed by atoms with Crippen LogP contribution in [0.5, 0.6) is 0 Å². The molecule has 1 aliphatic carbocycles. The van der Waals surface area contributed by atoms with E-state index in [1.54, 1.807) is 0 Å². The minimum atomic E-state index is -0.680. The lowest BCUT2D eigenvalue weighted by Gasteiger charge is -2.27. The molecule has 0 nitrogen and oxygen atoms in total. The summed E-state index contributed by atoms with van der Waals surface area (Å²) in [5, 5.41) is 1.24. The molecule has 2 heteroatoms. The van der Waals surface area contributed by atoms with Crippen molar-refractivity contribution in [2.24, 2.45) is 5.92 Å². The zero-order valence-corrected chi connectivity index (χ0v) is 14.6. The lowest BCUT2D eigenvalue weighted by Crippen LogP contribution is -2.11. The average Bonchev–Trinajstić information content (AvgIpc) is 2.60. The molecule has 0 atom stereocenters. The summed E-state index contributed by atoms with van der Waals surface area (Å²) in [6.45, 7) is 4.05. The SMILES string of the molecule is C/C=C/C1CCC(c2ccc3cc(CCC)c(F)c(F)c3c2)CC1. The van der Waals surface area contributed by atoms with Gasteiger partial charge < -0.3 is 0 Å². The summed E-state index contributed by atoms with van der Waals surface area (Å²) < 4.78 is 28.8. The van der Waals surface area contributed by atoms with Crippen molar-refractivity contribution in [3.8, 4) is 0 Å². The van der Waals surface area contributed by atoms with Crippen LogP contribution in [-0.4, -0.2) is 0 Å². The Kier molecular flexibility index (Phi) is 5.33. The van der Waals surface area contributed by atoms with Crippen LogP contribution in [0.4, 0.5) is 8.78 Å². The molecule has 0 spiro atoms. The molecule has 0 radical (unpaired) electrons. The van der Waals surface area contributed by atoms with E-state index in [-0.39, 0.29) is 0 Å². The summed E-state index contributed by atoms with van der Waals surface area (Å²) >= 11 is 0. The molecule has 0 heterocycles. The fourth-order valence-electron chi connectivity index (χ4n) is 4.02. The molecule has 2 aromatic carbocycles. The largest absolute Gasteiger partial charge is 0.203 e. The third-order valence-electron chi connectivity index (χ3n) is 5.35. The van der Waals surface area contributed by atoms with E-state index < -0.39 is 11.6 Å². The molecular formula is C22H26F2. The summed E-state index contributed by atoms with van der Waals surface area (Å²) in [6.07, 6.45) is 10.4. The quantitative estimate of drug-likeness (QED) is 0.534. The van der Waals surface area contributed by atoms with Gasteiger partial charge in [-0.3, -0.25) is 0 Å². The number of hydrogen-bond donors (Lipinski definition) is 0. The van der Waals surface area contributed by atoms with E-state index in [1.807, 2.05) is 25.1 Å². The minimum absolute atomic E-state index is 0.431. The number of aryl methyl sites for hydroxylation is 1. The molecule has 3 rings (SSSR count). The number of halogens is 2. The normalized spacial score (nSPS) is 21.7. The molecule has 1 aliphatic rings. The molecular weight excluding hydrogens is 302 g/mol. The fraction of sp³-hybridized carbons (Fsp3) is 0.455. The van der Waals surface area contributed by atoms with E-state index in [9.17, 15) is 8.78 Å². The Balaban J connectivity index is 1.89. The number of hydrogen-bond acceptors (Lipinski definition) is 0. The third kappa shape index (κ3) is 3.38. The van der Waals surface area contributed by atoms with E-state index in [2.05, 4.69) is 25.1 Å². The molecule has 0 aromatic heterocycles. The Labute approximate surface area is 143 Å². The van der Waals surface area contributed by atoms with Crippen LogP contribution >= 0.6 is 0 Å². The second kappa shape index (κ2) is 7.46. The van der Waals surface area contributed by atoms with E-state index >= 15 is 0 Å². The number of benzene rings is 2. The van der Waals surface area contributed by atoms with Gasteiger partial charge in [-0.15, -0.1) is 0 Å². The highest BCUT2D eigenvalue weighted by molar-refractivity contribution is 5.84. The standard InChI is InChI=1S/C22H26F2/c1-3-5-15-7-9-16(10-8-15)17-11-12-18-13-19(6-4-2)21(23)22(24)20(18)14-17/h3,5,11-16H,4,6-10H2,1-2H3/b5-3+. The van der Waals surface area contributed by atoms with Gasteiger partial charge in [0.15, 0.2) is 11.6 Å². The zero-order chi connectivity index (χ0) is 17.1. The average molecular weight is 328 g/mol. The second-order valence-corrected chi connectivity index (χ2v) is 7.03. The highest BCUT2D eigenvalue weighted by atomic mass is 19.2. The molecule has 0 unspecified atom stereocenters. The lowest BCUT2D eigenvalue weighted by molar-refractivity contribution is 0.376. The lowest BCUT2D eigenvalue weighted by atomic mass is 9.78. The Hall–Kier alpha value is -1.70. The molecule has 0 saturated heterocycles. The van der Waals surface area contributed by atoms with Gasteiger partial charge in [0.25, 0.3) is 0 Å². The molecule has 24 heavy (non-hydrogen) atoms. The van der Waals surface area contributed by atoms with Crippen LogP contribution in [0.1, 0.15) is 63.0 Å². The van der Waals surface area contributed by atoms with E-state index in [1.165, 1.54) is 12.8 Å². The maximum absolute atomic E-state index is 14.5. The van der Waals surface area contributed by atoms with E-state index in [4.69, 9.17) is 0 Å². The molecule has 0 aliphatic heterocycles. The van der Waals surface area contributed by atoms with Gasteiger partial charge in [-0.2, -0.15) is 0 Å². The monoisotopic (exact) mass is 328 g/mol. The Bertz CT molecular complexity index is 737. The van der Waals surface area contributed by atoms with Crippen molar-refractivity contribution >= 4 is 10.8 Å². The Morgan fingerprint density at radius 2 is 1.79 bits per heavy atom. The summed E-state index contributed by atoms with van der Waals surface area (Å²) in [5.74, 6) is -0.204. The third-order valence-corrected chi connectivity index (χ3v) is 5.35. The van der Waals surface area contributed by atoms with Crippen LogP contribution in [0.25, 0.3) is 10.8 Å². The molecule has 0 bridgehead atoms. The first-order valence-electron chi connectivity index (χ1n) is 9.17. The molecule has 1 saturated carbocycles. The van der Waals surface area contributed by atoms with Gasteiger partial charge in [-0.25, -0.2) is 8.78 Å². The van der Waals surface area contributed by atoms with Crippen molar-refractivity contribution < 1.29 is 8.78 Å². The van der Waals surface area contributed by atoms with Gasteiger partial charge in [0.05, 0.1) is 0 Å². The summed E-state index contributed by atoms with van der Waals surface area (Å²) in [4.78, 5) is 0. The van der Waals surface area contributed by atoms with Crippen molar-refractivity contribution in [3.63, 3.8) is 0 Å². The van der Waals surface area contributed by atoms with Crippen molar-refractivity contribution in [2.75, 3.05) is 0 Å². The van der Waals surface area contributed by atoms with Gasteiger partial charge in [0.2, 0.25) is 0 Å². The van der Waals surface area contributed by atoms with Crippen LogP contribution < -0.4 is 0 Å². The van der Waals surface area contributed by atoms with Crippen LogP contribution in [0, 0.1) is 17.6 Å².